The summed E-state index contributed by atoms with van der Waals surface area (Å²) in [5, 5.41) is 3.30. The van der Waals surface area contributed by atoms with Gasteiger partial charge in [0.15, 0.2) is 10.8 Å². The van der Waals surface area contributed by atoms with Crippen LogP contribution in [-0.4, -0.2) is 27.4 Å². The number of rotatable bonds is 5. The van der Waals surface area contributed by atoms with Gasteiger partial charge in [-0.15, -0.1) is 11.3 Å². The summed E-state index contributed by atoms with van der Waals surface area (Å²) >= 11 is 7.06. The Morgan fingerprint density at radius 1 is 1.18 bits per heavy atom. The fraction of sp³-hybridized carbons (Fsp3) is 0.240. The van der Waals surface area contributed by atoms with Gasteiger partial charge in [0.1, 0.15) is 10.4 Å². The molecule has 0 spiro atoms. The lowest BCUT2D eigenvalue weighted by atomic mass is 10.0. The molecule has 4 rings (SSSR count). The van der Waals surface area contributed by atoms with Crippen LogP contribution in [0.15, 0.2) is 48.0 Å². The van der Waals surface area contributed by atoms with E-state index in [9.17, 15) is 9.59 Å². The highest BCUT2D eigenvalue weighted by atomic mass is 32.1. The summed E-state index contributed by atoms with van der Waals surface area (Å²) in [5.41, 5.74) is 5.19. The van der Waals surface area contributed by atoms with Gasteiger partial charge in [-0.25, -0.2) is 9.83 Å². The molecule has 34 heavy (non-hydrogen) atoms. The zero-order chi connectivity index (χ0) is 24.6. The molecule has 1 fully saturated rings. The van der Waals surface area contributed by atoms with Crippen LogP contribution >= 0.6 is 23.6 Å². The van der Waals surface area contributed by atoms with E-state index >= 15 is 0 Å². The van der Waals surface area contributed by atoms with Crippen molar-refractivity contribution in [3.8, 4) is 0 Å². The van der Waals surface area contributed by atoms with Gasteiger partial charge in [0.25, 0.3) is 11.8 Å². The molecule has 0 saturated carbocycles. The molecule has 0 unspecified atom stereocenters. The van der Waals surface area contributed by atoms with Crippen LogP contribution < -0.4 is 15.1 Å². The highest BCUT2D eigenvalue weighted by Gasteiger charge is 2.50. The van der Waals surface area contributed by atoms with Crippen LogP contribution in [0.5, 0.6) is 0 Å². The monoisotopic (exact) mass is 489 g/mol. The van der Waals surface area contributed by atoms with E-state index in [1.807, 2.05) is 62.9 Å². The number of hydrogen-bond donors (Lipinski definition) is 1. The Bertz CT molecular complexity index is 1340. The first-order chi connectivity index (χ1) is 16.1. The van der Waals surface area contributed by atoms with Gasteiger partial charge < -0.3 is 10.2 Å². The molecule has 2 heterocycles. The maximum absolute atomic E-state index is 13.4. The van der Waals surface area contributed by atoms with Crippen LogP contribution in [-0.2, 0) is 11.3 Å². The Kier molecular flexibility index (Phi) is 6.21. The zero-order valence-electron chi connectivity index (χ0n) is 19.2. The van der Waals surface area contributed by atoms with Crippen LogP contribution in [0.1, 0.15) is 40.3 Å². The minimum absolute atomic E-state index is 0.135. The molecule has 0 bridgehead atoms. The summed E-state index contributed by atoms with van der Waals surface area (Å²) in [4.78, 5) is 37.3. The van der Waals surface area contributed by atoms with Crippen LogP contribution in [0.25, 0.3) is 4.85 Å². The van der Waals surface area contributed by atoms with E-state index in [1.54, 1.807) is 17.6 Å². The fourth-order valence-corrected chi connectivity index (χ4v) is 5.15. The predicted molar refractivity (Wildman–Crippen MR) is 139 cm³/mol. The molecule has 1 aromatic heterocycles. The van der Waals surface area contributed by atoms with Crippen LogP contribution in [0.2, 0.25) is 0 Å². The smallest absolute Gasteiger partial charge is 0.263 e. The van der Waals surface area contributed by atoms with Gasteiger partial charge in [-0.2, -0.15) is 0 Å². The first-order valence-electron chi connectivity index (χ1n) is 10.6. The highest BCUT2D eigenvalue weighted by Crippen LogP contribution is 2.37. The van der Waals surface area contributed by atoms with E-state index < -0.39 is 5.54 Å². The Morgan fingerprint density at radius 3 is 2.44 bits per heavy atom. The quantitative estimate of drug-likeness (QED) is 0.396. The Morgan fingerprint density at radius 2 is 1.85 bits per heavy atom. The molecule has 2 amide bonds. The standard InChI is InChI=1S/C25H23N5O2S2/c1-15-12-19(10-11-20(15)26-5)29-23(32)25(3,4)30(24(29)33)18-8-6-17(7-9-18)13-27-22(31)21-16(2)28-14-34-21/h6-12,14H,13H2,1-4H3,(H,27,31). The van der Waals surface area contributed by atoms with E-state index in [2.05, 4.69) is 15.1 Å². The fourth-order valence-electron chi connectivity index (χ4n) is 3.91. The molecule has 1 aliphatic heterocycles. The maximum Gasteiger partial charge on any atom is 0.263 e. The molecule has 0 aliphatic carbocycles. The number of aryl methyl sites for hydroxylation is 2. The van der Waals surface area contributed by atoms with Gasteiger partial charge in [-0.1, -0.05) is 18.2 Å². The average molecular weight is 490 g/mol. The highest BCUT2D eigenvalue weighted by molar-refractivity contribution is 7.81. The van der Waals surface area contributed by atoms with Crippen LogP contribution in [0, 0.1) is 20.4 Å². The summed E-state index contributed by atoms with van der Waals surface area (Å²) in [5.74, 6) is -0.282. The molecular formula is C25H23N5O2S2. The summed E-state index contributed by atoms with van der Waals surface area (Å²) in [6.07, 6.45) is 0. The van der Waals surface area contributed by atoms with E-state index in [-0.39, 0.29) is 11.8 Å². The number of carbonyl (C=O) groups is 2. The second-order valence-corrected chi connectivity index (χ2v) is 9.74. The second-order valence-electron chi connectivity index (χ2n) is 8.52. The Hall–Kier alpha value is -3.61. The lowest BCUT2D eigenvalue weighted by Crippen LogP contribution is -2.44. The Balaban J connectivity index is 1.54. The number of aromatic nitrogens is 1. The lowest BCUT2D eigenvalue weighted by Gasteiger charge is -2.29. The summed E-state index contributed by atoms with van der Waals surface area (Å²) in [6.45, 7) is 15.0. The van der Waals surface area contributed by atoms with Crippen molar-refractivity contribution in [3.63, 3.8) is 0 Å². The van der Waals surface area contributed by atoms with E-state index in [4.69, 9.17) is 18.8 Å². The molecule has 9 heteroatoms. The van der Waals surface area contributed by atoms with Crippen LogP contribution in [0.4, 0.5) is 17.1 Å². The summed E-state index contributed by atoms with van der Waals surface area (Å²) in [6, 6.07) is 12.9. The van der Waals surface area contributed by atoms with Crippen molar-refractivity contribution in [2.24, 2.45) is 0 Å². The predicted octanol–water partition coefficient (Wildman–Crippen LogP) is 5.16. The number of nitrogens with one attached hydrogen (secondary N) is 1. The number of nitrogens with zero attached hydrogens (tertiary/aromatic N) is 4. The molecule has 0 radical (unpaired) electrons. The number of thiocarbonyl (C=S) groups is 1. The van der Waals surface area contributed by atoms with Crippen molar-refractivity contribution in [1.29, 1.82) is 0 Å². The second kappa shape index (κ2) is 8.97. The van der Waals surface area contributed by atoms with E-state index in [1.165, 1.54) is 16.2 Å². The van der Waals surface area contributed by atoms with Crippen molar-refractivity contribution >= 4 is 57.5 Å². The van der Waals surface area contributed by atoms with E-state index in [0.29, 0.717) is 27.9 Å². The third-order valence-electron chi connectivity index (χ3n) is 5.83. The average Bonchev–Trinajstić information content (AvgIpc) is 3.31. The Labute approximate surface area is 207 Å². The first-order valence-corrected chi connectivity index (χ1v) is 11.9. The van der Waals surface area contributed by atoms with Gasteiger partial charge in [0.2, 0.25) is 0 Å². The minimum atomic E-state index is -0.886. The number of anilines is 2. The van der Waals surface area contributed by atoms with Crippen molar-refractivity contribution in [2.45, 2.75) is 39.8 Å². The van der Waals surface area contributed by atoms with Crippen molar-refractivity contribution in [2.75, 3.05) is 9.80 Å². The number of hydrogen-bond acceptors (Lipinski definition) is 5. The van der Waals surface area contributed by atoms with Gasteiger partial charge in [0, 0.05) is 17.9 Å². The third kappa shape index (κ3) is 4.06. The zero-order valence-corrected chi connectivity index (χ0v) is 20.9. The van der Waals surface area contributed by atoms with Crippen molar-refractivity contribution in [3.05, 3.63) is 81.1 Å². The molecule has 1 aliphatic rings. The first kappa shape index (κ1) is 23.5. The number of amides is 2. The normalized spacial score (nSPS) is 14.9. The molecule has 2 aromatic carbocycles. The number of carbonyl (C=O) groups excluding carboxylic acids is 2. The van der Waals surface area contributed by atoms with Crippen molar-refractivity contribution in [1.82, 2.24) is 10.3 Å². The van der Waals surface area contributed by atoms with Gasteiger partial charge in [0.05, 0.1) is 17.8 Å². The molecule has 172 valence electrons. The van der Waals surface area contributed by atoms with Gasteiger partial charge in [-0.05, 0) is 75.3 Å². The topological polar surface area (TPSA) is 69.9 Å². The third-order valence-corrected chi connectivity index (χ3v) is 7.12. The SMILES string of the molecule is [C-]#[N+]c1ccc(N2C(=O)C(C)(C)N(c3ccc(CNC(=O)c4scnc4C)cc3)C2=S)cc1C. The summed E-state index contributed by atoms with van der Waals surface area (Å²) in [7, 11) is 0. The molecule has 7 nitrogen and oxygen atoms in total. The summed E-state index contributed by atoms with van der Waals surface area (Å²) < 4.78 is 0. The molecule has 1 saturated heterocycles. The molecular weight excluding hydrogens is 466 g/mol. The van der Waals surface area contributed by atoms with Crippen molar-refractivity contribution < 1.29 is 9.59 Å². The largest absolute Gasteiger partial charge is 0.347 e. The molecule has 3 aromatic rings. The number of benzene rings is 2. The number of thiazole rings is 1. The lowest BCUT2D eigenvalue weighted by molar-refractivity contribution is -0.120. The van der Waals surface area contributed by atoms with Crippen LogP contribution in [0.3, 0.4) is 0 Å². The van der Waals surface area contributed by atoms with Gasteiger partial charge >= 0.3 is 0 Å². The maximum atomic E-state index is 13.4. The minimum Gasteiger partial charge on any atom is -0.347 e. The molecule has 0 atom stereocenters. The molecule has 1 N–H and O–H groups in total. The van der Waals surface area contributed by atoms with Gasteiger partial charge in [-0.3, -0.25) is 14.5 Å². The van der Waals surface area contributed by atoms with E-state index in [0.717, 1.165) is 22.5 Å².